The van der Waals surface area contributed by atoms with Crippen LogP contribution in [-0.2, 0) is 22.6 Å². The summed E-state index contributed by atoms with van der Waals surface area (Å²) < 4.78 is 10.7. The van der Waals surface area contributed by atoms with Crippen molar-refractivity contribution >= 4 is 17.9 Å². The molecule has 0 saturated carbocycles. The van der Waals surface area contributed by atoms with E-state index >= 15 is 0 Å². The van der Waals surface area contributed by atoms with Gasteiger partial charge in [-0.05, 0) is 36.3 Å². The van der Waals surface area contributed by atoms with Gasteiger partial charge in [-0.1, -0.05) is 74.5 Å². The van der Waals surface area contributed by atoms with Crippen molar-refractivity contribution in [2.45, 2.75) is 57.9 Å². The van der Waals surface area contributed by atoms with Gasteiger partial charge >= 0.3 is 6.09 Å². The average molecular weight is 537 g/mol. The first-order chi connectivity index (χ1) is 18.8. The van der Waals surface area contributed by atoms with E-state index in [0.29, 0.717) is 19.3 Å². The van der Waals surface area contributed by atoms with Crippen LogP contribution >= 0.6 is 0 Å². The molecule has 0 aliphatic heterocycles. The fraction of sp³-hybridized carbons (Fsp3) is 0.379. The van der Waals surface area contributed by atoms with E-state index in [4.69, 9.17) is 9.15 Å². The number of aryl methyl sites for hydroxylation is 1. The number of aliphatic hydroxyl groups is 1. The second-order valence-corrected chi connectivity index (χ2v) is 9.62. The van der Waals surface area contributed by atoms with Gasteiger partial charge in [0, 0.05) is 7.05 Å². The Morgan fingerprint density at radius 2 is 1.62 bits per heavy atom. The van der Waals surface area contributed by atoms with Gasteiger partial charge in [0.1, 0.15) is 18.9 Å². The first-order valence-electron chi connectivity index (χ1n) is 12.9. The van der Waals surface area contributed by atoms with Crippen LogP contribution in [0.3, 0.4) is 0 Å². The lowest BCUT2D eigenvalue weighted by Gasteiger charge is -2.26. The molecule has 0 fully saturated rings. The van der Waals surface area contributed by atoms with Crippen LogP contribution in [0.25, 0.3) is 0 Å². The first-order valence-corrected chi connectivity index (χ1v) is 12.9. The summed E-state index contributed by atoms with van der Waals surface area (Å²) in [5.74, 6) is -0.944. The molecule has 1 aromatic heterocycles. The molecule has 3 unspecified atom stereocenters. The maximum absolute atomic E-state index is 13.4. The summed E-state index contributed by atoms with van der Waals surface area (Å²) in [5, 5.41) is 19.1. The molecule has 3 aromatic rings. The second-order valence-electron chi connectivity index (χ2n) is 9.62. The zero-order valence-corrected chi connectivity index (χ0v) is 22.4. The summed E-state index contributed by atoms with van der Waals surface area (Å²) in [6.07, 6.45) is 0.353. The summed E-state index contributed by atoms with van der Waals surface area (Å²) in [7, 11) is 1.46. The van der Waals surface area contributed by atoms with Crippen LogP contribution in [0.15, 0.2) is 71.3 Å². The SMILES string of the molecule is CNC(=O)c1coc(C(O)C(CCc2ccccc2)NC(=O)C(CC(C)C)NC(=O)OCc2ccccc2)n1. The molecule has 3 atom stereocenters. The normalized spacial score (nSPS) is 13.3. The summed E-state index contributed by atoms with van der Waals surface area (Å²) >= 11 is 0. The number of alkyl carbamates (subject to hydrolysis) is 1. The third-order valence-corrected chi connectivity index (χ3v) is 6.06. The molecule has 0 saturated heterocycles. The number of rotatable bonds is 13. The summed E-state index contributed by atoms with van der Waals surface area (Å²) in [6.45, 7) is 3.94. The van der Waals surface area contributed by atoms with Gasteiger partial charge in [0.2, 0.25) is 11.8 Å². The first kappa shape index (κ1) is 29.4. The van der Waals surface area contributed by atoms with Crippen LogP contribution < -0.4 is 16.0 Å². The van der Waals surface area contributed by atoms with Gasteiger partial charge in [-0.3, -0.25) is 9.59 Å². The van der Waals surface area contributed by atoms with E-state index in [1.165, 1.54) is 7.05 Å². The molecule has 3 rings (SSSR count). The number of benzene rings is 2. The Hall–Kier alpha value is -4.18. The van der Waals surface area contributed by atoms with E-state index < -0.39 is 36.1 Å². The monoisotopic (exact) mass is 536 g/mol. The number of carbonyl (C=O) groups is 3. The number of hydrogen-bond acceptors (Lipinski definition) is 7. The predicted octanol–water partition coefficient (Wildman–Crippen LogP) is 3.53. The van der Waals surface area contributed by atoms with E-state index in [1.807, 2.05) is 74.5 Å². The van der Waals surface area contributed by atoms with Gasteiger partial charge in [0.05, 0.1) is 6.04 Å². The fourth-order valence-corrected chi connectivity index (χ4v) is 4.00. The summed E-state index contributed by atoms with van der Waals surface area (Å²) in [5.41, 5.74) is 1.85. The minimum Gasteiger partial charge on any atom is -0.445 e. The lowest BCUT2D eigenvalue weighted by molar-refractivity contribution is -0.125. The third kappa shape index (κ3) is 9.26. The Bertz CT molecular complexity index is 1200. The molecule has 39 heavy (non-hydrogen) atoms. The van der Waals surface area contributed by atoms with Gasteiger partial charge in [0.25, 0.3) is 5.91 Å². The number of aliphatic hydroxyl groups excluding tert-OH is 1. The molecule has 1 heterocycles. The molecular formula is C29H36N4O6. The van der Waals surface area contributed by atoms with Crippen molar-refractivity contribution in [2.24, 2.45) is 5.92 Å². The standard InChI is InChI=1S/C29H36N4O6/c1-19(2)16-23(33-29(37)39-17-21-12-8-5-9-13-21)27(36)31-22(15-14-20-10-6-4-7-11-20)25(34)28-32-24(18-38-28)26(35)30-3/h4-13,18-19,22-23,25,34H,14-17H2,1-3H3,(H,30,35)(H,31,36)(H,33,37). The molecule has 0 spiro atoms. The number of ether oxygens (including phenoxy) is 1. The van der Waals surface area contributed by atoms with Gasteiger partial charge in [-0.2, -0.15) is 0 Å². The maximum atomic E-state index is 13.4. The van der Waals surface area contributed by atoms with E-state index in [1.54, 1.807) is 0 Å². The van der Waals surface area contributed by atoms with Crippen molar-refractivity contribution in [2.75, 3.05) is 7.05 Å². The molecule has 0 aliphatic carbocycles. The number of aromatic nitrogens is 1. The van der Waals surface area contributed by atoms with E-state index in [2.05, 4.69) is 20.9 Å². The fourth-order valence-electron chi connectivity index (χ4n) is 4.00. The van der Waals surface area contributed by atoms with Crippen molar-refractivity contribution in [3.63, 3.8) is 0 Å². The molecule has 208 valence electrons. The number of nitrogens with zero attached hydrogens (tertiary/aromatic N) is 1. The van der Waals surface area contributed by atoms with Crippen molar-refractivity contribution in [3.05, 3.63) is 89.6 Å². The highest BCUT2D eigenvalue weighted by molar-refractivity contribution is 5.91. The Labute approximate surface area is 228 Å². The molecule has 10 heteroatoms. The predicted molar refractivity (Wildman–Crippen MR) is 145 cm³/mol. The van der Waals surface area contributed by atoms with E-state index in [0.717, 1.165) is 17.4 Å². The highest BCUT2D eigenvalue weighted by atomic mass is 16.5. The van der Waals surface area contributed by atoms with Gasteiger partial charge in [-0.15, -0.1) is 0 Å². The highest BCUT2D eigenvalue weighted by Gasteiger charge is 2.31. The van der Waals surface area contributed by atoms with Crippen LogP contribution in [0.5, 0.6) is 0 Å². The van der Waals surface area contributed by atoms with Gasteiger partial charge in [-0.25, -0.2) is 9.78 Å². The zero-order chi connectivity index (χ0) is 28.2. The van der Waals surface area contributed by atoms with Crippen molar-refractivity contribution in [1.29, 1.82) is 0 Å². The topological polar surface area (TPSA) is 143 Å². The molecule has 2 aromatic carbocycles. The van der Waals surface area contributed by atoms with Crippen molar-refractivity contribution in [1.82, 2.24) is 20.9 Å². The minimum absolute atomic E-state index is 0.0141. The molecule has 3 amide bonds. The second kappa shape index (κ2) is 14.7. The quantitative estimate of drug-likeness (QED) is 0.262. The van der Waals surface area contributed by atoms with Crippen molar-refractivity contribution < 1.29 is 28.6 Å². The maximum Gasteiger partial charge on any atom is 0.408 e. The summed E-state index contributed by atoms with van der Waals surface area (Å²) in [6, 6.07) is 17.1. The van der Waals surface area contributed by atoms with Crippen LogP contribution in [0.1, 0.15) is 60.3 Å². The summed E-state index contributed by atoms with van der Waals surface area (Å²) in [4.78, 5) is 41.9. The van der Waals surface area contributed by atoms with E-state index in [9.17, 15) is 19.5 Å². The molecule has 0 radical (unpaired) electrons. The van der Waals surface area contributed by atoms with Gasteiger partial charge < -0.3 is 30.2 Å². The largest absolute Gasteiger partial charge is 0.445 e. The Kier molecular flexibility index (Phi) is 11.1. The number of oxazole rings is 1. The molecule has 0 bridgehead atoms. The highest BCUT2D eigenvalue weighted by Crippen LogP contribution is 2.21. The molecule has 10 nitrogen and oxygen atoms in total. The average Bonchev–Trinajstić information content (AvgIpc) is 3.44. The third-order valence-electron chi connectivity index (χ3n) is 6.06. The molecule has 0 aliphatic rings. The number of hydrogen-bond donors (Lipinski definition) is 4. The number of amides is 3. The van der Waals surface area contributed by atoms with Crippen LogP contribution in [-0.4, -0.2) is 47.1 Å². The smallest absolute Gasteiger partial charge is 0.408 e. The van der Waals surface area contributed by atoms with Crippen LogP contribution in [0, 0.1) is 5.92 Å². The zero-order valence-electron chi connectivity index (χ0n) is 22.4. The number of carbonyl (C=O) groups excluding carboxylic acids is 3. The van der Waals surface area contributed by atoms with E-state index in [-0.39, 0.29) is 24.1 Å². The Morgan fingerprint density at radius 1 is 0.974 bits per heavy atom. The van der Waals surface area contributed by atoms with Crippen LogP contribution in [0.4, 0.5) is 4.79 Å². The lowest BCUT2D eigenvalue weighted by Crippen LogP contribution is -2.51. The van der Waals surface area contributed by atoms with Gasteiger partial charge in [0.15, 0.2) is 11.8 Å². The van der Waals surface area contributed by atoms with Crippen LogP contribution in [0.2, 0.25) is 0 Å². The lowest BCUT2D eigenvalue weighted by atomic mass is 9.99. The van der Waals surface area contributed by atoms with Crippen molar-refractivity contribution in [3.8, 4) is 0 Å². The Morgan fingerprint density at radius 3 is 2.23 bits per heavy atom. The Balaban J connectivity index is 1.72. The molecular weight excluding hydrogens is 500 g/mol. The minimum atomic E-state index is -1.33. The molecule has 4 N–H and O–H groups in total. The number of nitrogens with one attached hydrogen (secondary N) is 3.